The van der Waals surface area contributed by atoms with Crippen LogP contribution in [0.2, 0.25) is 5.02 Å². The van der Waals surface area contributed by atoms with Crippen molar-refractivity contribution in [3.8, 4) is 0 Å². The molecule has 1 unspecified atom stereocenters. The number of fused-ring (bicyclic) bond motifs is 1. The monoisotopic (exact) mass is 442 g/mol. The van der Waals surface area contributed by atoms with Crippen LogP contribution in [0.5, 0.6) is 0 Å². The molecule has 3 aromatic rings. The average molecular weight is 443 g/mol. The maximum absolute atomic E-state index is 13.3. The Hall–Kier alpha value is -2.48. The molecule has 0 radical (unpaired) electrons. The van der Waals surface area contributed by atoms with Crippen LogP contribution in [-0.2, 0) is 4.74 Å². The molecule has 7 nitrogen and oxygen atoms in total. The number of hydrogen-bond donors (Lipinski definition) is 1. The van der Waals surface area contributed by atoms with Crippen molar-refractivity contribution in [3.05, 3.63) is 57.9 Å². The van der Waals surface area contributed by atoms with Crippen molar-refractivity contribution < 1.29 is 14.1 Å². The number of nitrogens with zero attached hydrogens (tertiary/aromatic N) is 3. The van der Waals surface area contributed by atoms with Crippen molar-refractivity contribution in [2.45, 2.75) is 32.7 Å². The maximum Gasteiger partial charge on any atom is 0.259 e. The minimum absolute atomic E-state index is 0.0491. The quantitative estimate of drug-likeness (QED) is 0.618. The van der Waals surface area contributed by atoms with E-state index in [1.54, 1.807) is 0 Å². The number of carbonyl (C=O) groups excluding carboxylic acids is 1. The summed E-state index contributed by atoms with van der Waals surface area (Å²) >= 11 is 6.51. The van der Waals surface area contributed by atoms with Crippen LogP contribution in [0.1, 0.15) is 53.1 Å². The van der Waals surface area contributed by atoms with Crippen LogP contribution < -0.4 is 5.32 Å². The SMILES string of the molecule is Cc1noc2nc(C(C)C)cc(C(=O)NCC(c3ccccc3Cl)N3CCOCC3)c12. The second-order valence-corrected chi connectivity index (χ2v) is 8.50. The summed E-state index contributed by atoms with van der Waals surface area (Å²) in [6.07, 6.45) is 0. The molecule has 1 saturated heterocycles. The Morgan fingerprint density at radius 3 is 2.71 bits per heavy atom. The summed E-state index contributed by atoms with van der Waals surface area (Å²) in [7, 11) is 0. The Morgan fingerprint density at radius 2 is 2.00 bits per heavy atom. The van der Waals surface area contributed by atoms with Gasteiger partial charge in [-0.1, -0.05) is 48.8 Å². The lowest BCUT2D eigenvalue weighted by Gasteiger charge is -2.35. The molecule has 1 aliphatic heterocycles. The zero-order chi connectivity index (χ0) is 22.0. The minimum Gasteiger partial charge on any atom is -0.379 e. The predicted octanol–water partition coefficient (Wildman–Crippen LogP) is 4.11. The number of nitrogens with one attached hydrogen (secondary N) is 1. The zero-order valence-corrected chi connectivity index (χ0v) is 18.8. The number of ether oxygens (including phenoxy) is 1. The number of aromatic nitrogens is 2. The fourth-order valence-electron chi connectivity index (χ4n) is 3.94. The highest BCUT2D eigenvalue weighted by atomic mass is 35.5. The molecule has 8 heteroatoms. The molecule has 0 spiro atoms. The summed E-state index contributed by atoms with van der Waals surface area (Å²) in [6, 6.07) is 9.57. The third-order valence-electron chi connectivity index (χ3n) is 5.68. The largest absolute Gasteiger partial charge is 0.379 e. The molecular weight excluding hydrogens is 416 g/mol. The molecule has 1 atom stereocenters. The van der Waals surface area contributed by atoms with Crippen LogP contribution in [-0.4, -0.2) is 53.8 Å². The molecule has 1 aliphatic rings. The van der Waals surface area contributed by atoms with Crippen LogP contribution in [0.3, 0.4) is 0 Å². The number of morpholine rings is 1. The van der Waals surface area contributed by atoms with E-state index in [4.69, 9.17) is 20.9 Å². The van der Waals surface area contributed by atoms with E-state index in [1.165, 1.54) is 0 Å². The Labute approximate surface area is 186 Å². The highest BCUT2D eigenvalue weighted by Gasteiger charge is 2.26. The van der Waals surface area contributed by atoms with E-state index in [1.807, 2.05) is 51.1 Å². The molecule has 1 aromatic carbocycles. The van der Waals surface area contributed by atoms with Crippen molar-refractivity contribution in [1.82, 2.24) is 20.4 Å². The van der Waals surface area contributed by atoms with Gasteiger partial charge in [-0.25, -0.2) is 4.98 Å². The number of hydrogen-bond acceptors (Lipinski definition) is 6. The molecule has 1 fully saturated rings. The normalized spacial score (nSPS) is 16.0. The molecule has 0 aliphatic carbocycles. The van der Waals surface area contributed by atoms with E-state index in [9.17, 15) is 4.79 Å². The molecule has 31 heavy (non-hydrogen) atoms. The molecule has 0 saturated carbocycles. The first kappa shape index (κ1) is 21.7. The van der Waals surface area contributed by atoms with E-state index < -0.39 is 0 Å². The lowest BCUT2D eigenvalue weighted by atomic mass is 10.0. The minimum atomic E-state index is -0.175. The molecule has 164 valence electrons. The summed E-state index contributed by atoms with van der Waals surface area (Å²) in [5, 5.41) is 8.48. The first-order valence-electron chi connectivity index (χ1n) is 10.6. The number of aryl methyl sites for hydroxylation is 1. The van der Waals surface area contributed by atoms with Gasteiger partial charge >= 0.3 is 0 Å². The van der Waals surface area contributed by atoms with Crippen LogP contribution >= 0.6 is 11.6 Å². The number of halogens is 1. The van der Waals surface area contributed by atoms with E-state index in [2.05, 4.69) is 20.4 Å². The van der Waals surface area contributed by atoms with Gasteiger partial charge in [0.2, 0.25) is 0 Å². The third kappa shape index (κ3) is 4.59. The van der Waals surface area contributed by atoms with E-state index in [0.717, 1.165) is 24.3 Å². The van der Waals surface area contributed by atoms with Gasteiger partial charge in [0.1, 0.15) is 0 Å². The van der Waals surface area contributed by atoms with Gasteiger partial charge < -0.3 is 14.6 Å². The van der Waals surface area contributed by atoms with Gasteiger partial charge in [0.05, 0.1) is 35.9 Å². The number of benzene rings is 1. The van der Waals surface area contributed by atoms with Gasteiger partial charge in [0.15, 0.2) is 0 Å². The molecule has 4 rings (SSSR count). The zero-order valence-electron chi connectivity index (χ0n) is 18.0. The summed E-state index contributed by atoms with van der Waals surface area (Å²) in [4.78, 5) is 20.1. The second kappa shape index (κ2) is 9.34. The standard InChI is InChI=1S/C23H27ClN4O3/c1-14(2)19-12-17(21-15(3)27-31-23(21)26-19)22(29)25-13-20(28-8-10-30-11-9-28)16-6-4-5-7-18(16)24/h4-7,12,14,20H,8-11,13H2,1-3H3,(H,25,29). The third-order valence-corrected chi connectivity index (χ3v) is 6.02. The maximum atomic E-state index is 13.3. The first-order valence-corrected chi connectivity index (χ1v) is 10.9. The average Bonchev–Trinajstić information content (AvgIpc) is 3.16. The van der Waals surface area contributed by atoms with Crippen molar-refractivity contribution in [1.29, 1.82) is 0 Å². The predicted molar refractivity (Wildman–Crippen MR) is 120 cm³/mol. The van der Waals surface area contributed by atoms with Gasteiger partial charge in [-0.3, -0.25) is 9.69 Å². The van der Waals surface area contributed by atoms with Crippen LogP contribution in [0.25, 0.3) is 11.1 Å². The highest BCUT2D eigenvalue weighted by molar-refractivity contribution is 6.31. The van der Waals surface area contributed by atoms with Gasteiger partial charge in [0, 0.05) is 30.4 Å². The van der Waals surface area contributed by atoms with Crippen LogP contribution in [0, 0.1) is 6.92 Å². The number of pyridine rings is 1. The van der Waals surface area contributed by atoms with Gasteiger partial charge in [-0.15, -0.1) is 0 Å². The van der Waals surface area contributed by atoms with Crippen molar-refractivity contribution >= 4 is 28.6 Å². The van der Waals surface area contributed by atoms with E-state index in [-0.39, 0.29) is 17.9 Å². The molecular formula is C23H27ClN4O3. The summed E-state index contributed by atoms with van der Waals surface area (Å²) in [6.45, 7) is 9.21. The summed E-state index contributed by atoms with van der Waals surface area (Å²) in [5.74, 6) is -0.0171. The summed E-state index contributed by atoms with van der Waals surface area (Å²) in [5.41, 5.74) is 3.37. The molecule has 0 bridgehead atoms. The van der Waals surface area contributed by atoms with Gasteiger partial charge in [0.25, 0.3) is 11.6 Å². The second-order valence-electron chi connectivity index (χ2n) is 8.09. The Kier molecular flexibility index (Phi) is 6.55. The number of carbonyl (C=O) groups is 1. The van der Waals surface area contributed by atoms with Gasteiger partial charge in [-0.2, -0.15) is 0 Å². The topological polar surface area (TPSA) is 80.5 Å². The fraction of sp³-hybridized carbons (Fsp3) is 0.435. The highest BCUT2D eigenvalue weighted by Crippen LogP contribution is 2.29. The molecule has 1 N–H and O–H groups in total. The van der Waals surface area contributed by atoms with Crippen molar-refractivity contribution in [2.75, 3.05) is 32.8 Å². The van der Waals surface area contributed by atoms with Crippen molar-refractivity contribution in [3.63, 3.8) is 0 Å². The molecule has 1 amide bonds. The Morgan fingerprint density at radius 1 is 1.26 bits per heavy atom. The molecule has 2 aromatic heterocycles. The smallest absolute Gasteiger partial charge is 0.259 e. The van der Waals surface area contributed by atoms with Crippen LogP contribution in [0.4, 0.5) is 0 Å². The van der Waals surface area contributed by atoms with Gasteiger partial charge in [-0.05, 0) is 30.5 Å². The summed E-state index contributed by atoms with van der Waals surface area (Å²) < 4.78 is 10.9. The van der Waals surface area contributed by atoms with Crippen LogP contribution in [0.15, 0.2) is 34.9 Å². The lowest BCUT2D eigenvalue weighted by Crippen LogP contribution is -2.44. The fourth-order valence-corrected chi connectivity index (χ4v) is 4.21. The molecule has 3 heterocycles. The van der Waals surface area contributed by atoms with E-state index in [0.29, 0.717) is 47.1 Å². The first-order chi connectivity index (χ1) is 15.0. The lowest BCUT2D eigenvalue weighted by molar-refractivity contribution is 0.0162. The Bertz CT molecular complexity index is 1080. The number of amides is 1. The number of rotatable bonds is 6. The Balaban J connectivity index is 1.62. The van der Waals surface area contributed by atoms with Crippen molar-refractivity contribution in [2.24, 2.45) is 0 Å². The van der Waals surface area contributed by atoms with E-state index >= 15 is 0 Å².